The Bertz CT molecular complexity index is 393. The molecule has 1 aromatic rings. The van der Waals surface area contributed by atoms with Gasteiger partial charge in [-0.3, -0.25) is 0 Å². The van der Waals surface area contributed by atoms with Crippen molar-refractivity contribution < 1.29 is 9.47 Å². The number of nitrogens with one attached hydrogen (secondary N) is 1. The van der Waals surface area contributed by atoms with Gasteiger partial charge in [-0.25, -0.2) is 0 Å². The van der Waals surface area contributed by atoms with Crippen molar-refractivity contribution in [3.8, 4) is 0 Å². The third-order valence-electron chi connectivity index (χ3n) is 3.45. The van der Waals surface area contributed by atoms with Crippen molar-refractivity contribution in [2.24, 2.45) is 0 Å². The van der Waals surface area contributed by atoms with Gasteiger partial charge in [0.15, 0.2) is 0 Å². The van der Waals surface area contributed by atoms with Crippen LogP contribution in [0.25, 0.3) is 0 Å². The van der Waals surface area contributed by atoms with Gasteiger partial charge in [-0.15, -0.1) is 11.8 Å². The number of fused-ring (bicyclic) bond motifs is 1. The molecule has 2 heterocycles. The molecule has 0 bridgehead atoms. The first kappa shape index (κ1) is 12.5. The average Bonchev–Trinajstić information content (AvgIpc) is 2.84. The monoisotopic (exact) mass is 265 g/mol. The van der Waals surface area contributed by atoms with E-state index in [2.05, 4.69) is 29.6 Å². The van der Waals surface area contributed by atoms with Gasteiger partial charge in [0.2, 0.25) is 0 Å². The molecule has 2 aliphatic heterocycles. The fourth-order valence-corrected chi connectivity index (χ4v) is 3.73. The number of hydrogen-bond acceptors (Lipinski definition) is 4. The molecule has 1 aromatic carbocycles. The van der Waals surface area contributed by atoms with Gasteiger partial charge in [-0.2, -0.15) is 0 Å². The molecule has 0 radical (unpaired) electrons. The summed E-state index contributed by atoms with van der Waals surface area (Å²) in [6, 6.07) is 8.73. The third-order valence-corrected chi connectivity index (χ3v) is 4.70. The lowest BCUT2D eigenvalue weighted by Crippen LogP contribution is -2.38. The molecule has 0 amide bonds. The van der Waals surface area contributed by atoms with Crippen LogP contribution in [-0.4, -0.2) is 44.8 Å². The largest absolute Gasteiger partial charge is 0.376 e. The van der Waals surface area contributed by atoms with E-state index in [1.54, 1.807) is 0 Å². The standard InChI is InChI=1S/C14H19NO2S/c1-2-4-14-13(3-1)11(10-18-14)7-15-8-12-9-16-5-6-17-12/h1-4,11-12,15H,5-10H2. The van der Waals surface area contributed by atoms with Gasteiger partial charge in [0.05, 0.1) is 25.9 Å². The van der Waals surface area contributed by atoms with Crippen LogP contribution in [-0.2, 0) is 9.47 Å². The summed E-state index contributed by atoms with van der Waals surface area (Å²) in [5.41, 5.74) is 1.50. The molecular formula is C14H19NO2S. The number of ether oxygens (including phenoxy) is 2. The lowest BCUT2D eigenvalue weighted by Gasteiger charge is -2.23. The van der Waals surface area contributed by atoms with E-state index in [4.69, 9.17) is 9.47 Å². The van der Waals surface area contributed by atoms with Crippen molar-refractivity contribution in [2.45, 2.75) is 16.9 Å². The van der Waals surface area contributed by atoms with Gasteiger partial charge >= 0.3 is 0 Å². The fraction of sp³-hybridized carbons (Fsp3) is 0.571. The fourth-order valence-electron chi connectivity index (χ4n) is 2.47. The maximum absolute atomic E-state index is 5.62. The Morgan fingerprint density at radius 3 is 3.06 bits per heavy atom. The minimum absolute atomic E-state index is 0.225. The molecule has 18 heavy (non-hydrogen) atoms. The highest BCUT2D eigenvalue weighted by Crippen LogP contribution is 2.38. The van der Waals surface area contributed by atoms with Gasteiger partial charge in [0, 0.05) is 29.7 Å². The Balaban J connectivity index is 1.47. The molecule has 2 aliphatic rings. The van der Waals surface area contributed by atoms with Gasteiger partial charge < -0.3 is 14.8 Å². The van der Waals surface area contributed by atoms with Gasteiger partial charge in [-0.1, -0.05) is 18.2 Å². The molecule has 0 spiro atoms. The summed E-state index contributed by atoms with van der Waals surface area (Å²) < 4.78 is 11.0. The van der Waals surface area contributed by atoms with E-state index in [9.17, 15) is 0 Å². The van der Waals surface area contributed by atoms with Crippen molar-refractivity contribution in [3.63, 3.8) is 0 Å². The summed E-state index contributed by atoms with van der Waals surface area (Å²) in [5.74, 6) is 1.82. The summed E-state index contributed by atoms with van der Waals surface area (Å²) in [6.07, 6.45) is 0.225. The zero-order valence-corrected chi connectivity index (χ0v) is 11.2. The van der Waals surface area contributed by atoms with Crippen LogP contribution in [0.3, 0.4) is 0 Å². The topological polar surface area (TPSA) is 30.5 Å². The average molecular weight is 265 g/mol. The minimum atomic E-state index is 0.225. The van der Waals surface area contributed by atoms with Crippen LogP contribution >= 0.6 is 11.8 Å². The molecule has 1 saturated heterocycles. The van der Waals surface area contributed by atoms with Crippen molar-refractivity contribution in [1.82, 2.24) is 5.32 Å². The minimum Gasteiger partial charge on any atom is -0.376 e. The molecule has 1 fully saturated rings. The zero-order valence-electron chi connectivity index (χ0n) is 10.4. The summed E-state index contributed by atoms with van der Waals surface area (Å²) in [6.45, 7) is 4.12. The molecule has 1 N–H and O–H groups in total. The highest BCUT2D eigenvalue weighted by molar-refractivity contribution is 7.99. The molecule has 4 heteroatoms. The second-order valence-corrected chi connectivity index (χ2v) is 5.83. The smallest absolute Gasteiger partial charge is 0.0933 e. The predicted octanol–water partition coefficient (Wildman–Crippen LogP) is 1.88. The Kier molecular flexibility index (Phi) is 4.20. The molecule has 0 aliphatic carbocycles. The second-order valence-electron chi connectivity index (χ2n) is 4.77. The van der Waals surface area contributed by atoms with E-state index in [0.29, 0.717) is 5.92 Å². The van der Waals surface area contributed by atoms with Crippen LogP contribution < -0.4 is 5.32 Å². The van der Waals surface area contributed by atoms with E-state index in [-0.39, 0.29) is 6.10 Å². The Labute approximate surface area is 112 Å². The molecule has 3 rings (SSSR count). The second kappa shape index (κ2) is 6.06. The van der Waals surface area contributed by atoms with E-state index in [1.807, 2.05) is 11.8 Å². The maximum Gasteiger partial charge on any atom is 0.0933 e. The number of hydrogen-bond donors (Lipinski definition) is 1. The van der Waals surface area contributed by atoms with Crippen LogP contribution in [0.2, 0.25) is 0 Å². The predicted molar refractivity (Wildman–Crippen MR) is 73.3 cm³/mol. The van der Waals surface area contributed by atoms with Crippen molar-refractivity contribution in [2.75, 3.05) is 38.7 Å². The quantitative estimate of drug-likeness (QED) is 0.900. The van der Waals surface area contributed by atoms with Crippen LogP contribution in [0.1, 0.15) is 11.5 Å². The lowest BCUT2D eigenvalue weighted by atomic mass is 10.0. The van der Waals surface area contributed by atoms with Crippen molar-refractivity contribution in [1.29, 1.82) is 0 Å². The molecule has 98 valence electrons. The van der Waals surface area contributed by atoms with E-state index in [0.717, 1.165) is 32.9 Å². The number of rotatable bonds is 4. The highest BCUT2D eigenvalue weighted by atomic mass is 32.2. The highest BCUT2D eigenvalue weighted by Gasteiger charge is 2.22. The van der Waals surface area contributed by atoms with E-state index < -0.39 is 0 Å². The first-order valence-corrected chi connectivity index (χ1v) is 7.54. The van der Waals surface area contributed by atoms with Gasteiger partial charge in [0.1, 0.15) is 0 Å². The van der Waals surface area contributed by atoms with Crippen LogP contribution in [0, 0.1) is 0 Å². The molecule has 0 saturated carbocycles. The summed E-state index contributed by atoms with van der Waals surface area (Å²) >= 11 is 1.97. The zero-order chi connectivity index (χ0) is 12.2. The van der Waals surface area contributed by atoms with Gasteiger partial charge in [-0.05, 0) is 11.6 Å². The molecule has 0 aromatic heterocycles. The number of thioether (sulfide) groups is 1. The SMILES string of the molecule is c1ccc2c(c1)SCC2CNCC1COCCO1. The van der Waals surface area contributed by atoms with Crippen LogP contribution in [0.4, 0.5) is 0 Å². The number of benzene rings is 1. The first-order valence-electron chi connectivity index (χ1n) is 6.55. The Morgan fingerprint density at radius 1 is 1.22 bits per heavy atom. The van der Waals surface area contributed by atoms with Crippen LogP contribution in [0.5, 0.6) is 0 Å². The molecule has 3 nitrogen and oxygen atoms in total. The molecule has 2 atom stereocenters. The maximum atomic E-state index is 5.62. The third kappa shape index (κ3) is 2.88. The lowest BCUT2D eigenvalue weighted by molar-refractivity contribution is -0.0863. The summed E-state index contributed by atoms with van der Waals surface area (Å²) in [5, 5.41) is 3.52. The van der Waals surface area contributed by atoms with Crippen LogP contribution in [0.15, 0.2) is 29.2 Å². The molecule has 2 unspecified atom stereocenters. The normalized spacial score (nSPS) is 27.1. The summed E-state index contributed by atoms with van der Waals surface area (Å²) in [7, 11) is 0. The van der Waals surface area contributed by atoms with Gasteiger partial charge in [0.25, 0.3) is 0 Å². The summed E-state index contributed by atoms with van der Waals surface area (Å²) in [4.78, 5) is 1.45. The molecular weight excluding hydrogens is 246 g/mol. The Hall–Kier alpha value is -0.550. The van der Waals surface area contributed by atoms with Crippen molar-refractivity contribution >= 4 is 11.8 Å². The van der Waals surface area contributed by atoms with E-state index >= 15 is 0 Å². The Morgan fingerprint density at radius 2 is 2.17 bits per heavy atom. The first-order chi connectivity index (χ1) is 8.93. The van der Waals surface area contributed by atoms with Crippen molar-refractivity contribution in [3.05, 3.63) is 29.8 Å². The van der Waals surface area contributed by atoms with E-state index in [1.165, 1.54) is 16.2 Å².